The second-order valence-corrected chi connectivity index (χ2v) is 4.05. The summed E-state index contributed by atoms with van der Waals surface area (Å²) >= 11 is 0. The Morgan fingerprint density at radius 1 is 1.05 bits per heavy atom. The molecule has 0 saturated carbocycles. The van der Waals surface area contributed by atoms with Crippen LogP contribution in [0.1, 0.15) is 5.56 Å². The van der Waals surface area contributed by atoms with Gasteiger partial charge in [-0.15, -0.1) is 13.2 Å². The summed E-state index contributed by atoms with van der Waals surface area (Å²) in [6, 6.07) is 8.94. The molecule has 2 nitrogen and oxygen atoms in total. The van der Waals surface area contributed by atoms with Gasteiger partial charge in [0.05, 0.1) is 6.61 Å². The third-order valence-electron chi connectivity index (χ3n) is 2.59. The largest absolute Gasteiger partial charge is 0.573 e. The fraction of sp³-hybridized carbons (Fsp3) is 0.143. The van der Waals surface area contributed by atoms with Crippen molar-refractivity contribution in [3.63, 3.8) is 0 Å². The second-order valence-electron chi connectivity index (χ2n) is 4.05. The number of halogens is 4. The maximum absolute atomic E-state index is 13.7. The van der Waals surface area contributed by atoms with Crippen molar-refractivity contribution in [1.82, 2.24) is 0 Å². The van der Waals surface area contributed by atoms with Gasteiger partial charge in [0.2, 0.25) is 0 Å². The molecule has 1 N–H and O–H groups in total. The third kappa shape index (κ3) is 3.48. The highest BCUT2D eigenvalue weighted by molar-refractivity contribution is 5.66. The number of aliphatic hydroxyl groups is 1. The van der Waals surface area contributed by atoms with Gasteiger partial charge in [0.15, 0.2) is 0 Å². The van der Waals surface area contributed by atoms with Crippen LogP contribution in [0.4, 0.5) is 17.6 Å². The van der Waals surface area contributed by atoms with Gasteiger partial charge in [0, 0.05) is 5.56 Å². The Morgan fingerprint density at radius 3 is 2.45 bits per heavy atom. The second kappa shape index (κ2) is 5.50. The van der Waals surface area contributed by atoms with Crippen LogP contribution in [0.3, 0.4) is 0 Å². The molecule has 0 spiro atoms. The Hall–Kier alpha value is -2.08. The first-order chi connectivity index (χ1) is 9.39. The summed E-state index contributed by atoms with van der Waals surface area (Å²) in [4.78, 5) is 0. The van der Waals surface area contributed by atoms with Crippen molar-refractivity contribution in [1.29, 1.82) is 0 Å². The molecule has 0 atom stereocenters. The van der Waals surface area contributed by atoms with Crippen molar-refractivity contribution in [2.75, 3.05) is 0 Å². The molecule has 0 aromatic heterocycles. The first kappa shape index (κ1) is 14.3. The average Bonchev–Trinajstić information content (AvgIpc) is 2.37. The van der Waals surface area contributed by atoms with Crippen LogP contribution in [-0.4, -0.2) is 11.5 Å². The zero-order chi connectivity index (χ0) is 14.8. The van der Waals surface area contributed by atoms with Gasteiger partial charge in [-0.05, 0) is 35.4 Å². The number of aliphatic hydroxyl groups excluding tert-OH is 1. The van der Waals surface area contributed by atoms with E-state index in [2.05, 4.69) is 4.74 Å². The van der Waals surface area contributed by atoms with Crippen molar-refractivity contribution in [2.24, 2.45) is 0 Å². The topological polar surface area (TPSA) is 29.5 Å². The van der Waals surface area contributed by atoms with Gasteiger partial charge in [0.25, 0.3) is 0 Å². The fourth-order valence-electron chi connectivity index (χ4n) is 1.75. The summed E-state index contributed by atoms with van der Waals surface area (Å²) in [5.74, 6) is -1.02. The lowest BCUT2D eigenvalue weighted by atomic mass is 10.0. The zero-order valence-electron chi connectivity index (χ0n) is 10.1. The van der Waals surface area contributed by atoms with E-state index in [0.717, 1.165) is 18.2 Å². The molecule has 0 unspecified atom stereocenters. The predicted octanol–water partition coefficient (Wildman–Crippen LogP) is 3.88. The molecule has 0 amide bonds. The van der Waals surface area contributed by atoms with E-state index in [-0.39, 0.29) is 17.7 Å². The van der Waals surface area contributed by atoms with Crippen LogP contribution in [0, 0.1) is 5.82 Å². The van der Waals surface area contributed by atoms with E-state index < -0.39 is 17.9 Å². The lowest BCUT2D eigenvalue weighted by Crippen LogP contribution is -2.17. The first-order valence-electron chi connectivity index (χ1n) is 5.64. The Morgan fingerprint density at radius 2 is 1.80 bits per heavy atom. The first-order valence-corrected chi connectivity index (χ1v) is 5.64. The van der Waals surface area contributed by atoms with Gasteiger partial charge < -0.3 is 9.84 Å². The normalized spacial score (nSPS) is 11.4. The number of alkyl halides is 3. The molecular weight excluding hydrogens is 276 g/mol. The Bertz CT molecular complexity index is 608. The summed E-state index contributed by atoms with van der Waals surface area (Å²) in [7, 11) is 0. The van der Waals surface area contributed by atoms with Crippen LogP contribution in [0.2, 0.25) is 0 Å². The minimum Gasteiger partial charge on any atom is -0.406 e. The summed E-state index contributed by atoms with van der Waals surface area (Å²) < 4.78 is 53.9. The van der Waals surface area contributed by atoms with E-state index in [1.165, 1.54) is 24.3 Å². The molecule has 0 bridgehead atoms. The maximum Gasteiger partial charge on any atom is 0.573 e. The predicted molar refractivity (Wildman–Crippen MR) is 64.4 cm³/mol. The third-order valence-corrected chi connectivity index (χ3v) is 2.59. The molecule has 0 aliphatic carbocycles. The van der Waals surface area contributed by atoms with Crippen LogP contribution in [-0.2, 0) is 6.61 Å². The number of hydrogen-bond acceptors (Lipinski definition) is 2. The minimum absolute atomic E-state index is 0.101. The van der Waals surface area contributed by atoms with E-state index in [9.17, 15) is 17.6 Å². The summed E-state index contributed by atoms with van der Waals surface area (Å²) in [6.07, 6.45) is -4.80. The lowest BCUT2D eigenvalue weighted by molar-refractivity contribution is -0.274. The molecule has 106 valence electrons. The standard InChI is InChI=1S/C14H10F4O2/c15-13-5-4-9(8-19)6-12(13)10-2-1-3-11(7-10)20-14(16,17)18/h1-7,19H,8H2. The molecule has 0 aliphatic rings. The highest BCUT2D eigenvalue weighted by Crippen LogP contribution is 2.29. The van der Waals surface area contributed by atoms with Crippen molar-refractivity contribution >= 4 is 0 Å². The van der Waals surface area contributed by atoms with Crippen LogP contribution in [0.5, 0.6) is 5.75 Å². The van der Waals surface area contributed by atoms with Crippen LogP contribution in [0.25, 0.3) is 11.1 Å². The Balaban J connectivity index is 2.40. The van der Waals surface area contributed by atoms with Crippen LogP contribution < -0.4 is 4.74 Å². The van der Waals surface area contributed by atoms with E-state index in [0.29, 0.717) is 5.56 Å². The molecule has 2 aromatic carbocycles. The van der Waals surface area contributed by atoms with Gasteiger partial charge >= 0.3 is 6.36 Å². The summed E-state index contributed by atoms with van der Waals surface area (Å²) in [5.41, 5.74) is 0.798. The number of rotatable bonds is 3. The fourth-order valence-corrected chi connectivity index (χ4v) is 1.75. The minimum atomic E-state index is -4.80. The van der Waals surface area contributed by atoms with Gasteiger partial charge in [-0.3, -0.25) is 0 Å². The molecule has 0 radical (unpaired) electrons. The Labute approximate surface area is 112 Å². The number of benzene rings is 2. The lowest BCUT2D eigenvalue weighted by Gasteiger charge is -2.11. The van der Waals surface area contributed by atoms with E-state index in [1.807, 2.05) is 0 Å². The average molecular weight is 286 g/mol. The monoisotopic (exact) mass is 286 g/mol. The van der Waals surface area contributed by atoms with Crippen molar-refractivity contribution in [3.8, 4) is 16.9 Å². The van der Waals surface area contributed by atoms with Gasteiger partial charge in [-0.2, -0.15) is 0 Å². The summed E-state index contributed by atoms with van der Waals surface area (Å²) in [6.45, 7) is -0.286. The van der Waals surface area contributed by atoms with Gasteiger partial charge in [0.1, 0.15) is 11.6 Å². The molecular formula is C14H10F4O2. The van der Waals surface area contributed by atoms with Crippen LogP contribution >= 0.6 is 0 Å². The Kier molecular flexibility index (Phi) is 3.94. The molecule has 0 aliphatic heterocycles. The molecule has 20 heavy (non-hydrogen) atoms. The van der Waals surface area contributed by atoms with E-state index in [1.54, 1.807) is 0 Å². The van der Waals surface area contributed by atoms with E-state index >= 15 is 0 Å². The summed E-state index contributed by atoms with van der Waals surface area (Å²) in [5, 5.41) is 9.01. The SMILES string of the molecule is OCc1ccc(F)c(-c2cccc(OC(F)(F)F)c2)c1. The van der Waals surface area contributed by atoms with Crippen molar-refractivity contribution in [2.45, 2.75) is 13.0 Å². The zero-order valence-corrected chi connectivity index (χ0v) is 10.1. The smallest absolute Gasteiger partial charge is 0.406 e. The highest BCUT2D eigenvalue weighted by atomic mass is 19.4. The molecule has 2 rings (SSSR count). The molecule has 0 heterocycles. The van der Waals surface area contributed by atoms with Crippen molar-refractivity contribution in [3.05, 3.63) is 53.8 Å². The molecule has 0 saturated heterocycles. The van der Waals surface area contributed by atoms with Gasteiger partial charge in [-0.25, -0.2) is 4.39 Å². The molecule has 2 aromatic rings. The number of hydrogen-bond donors (Lipinski definition) is 1. The van der Waals surface area contributed by atoms with Gasteiger partial charge in [-0.1, -0.05) is 18.2 Å². The quantitative estimate of drug-likeness (QED) is 0.868. The van der Waals surface area contributed by atoms with Crippen molar-refractivity contribution < 1.29 is 27.4 Å². The van der Waals surface area contributed by atoms with Crippen LogP contribution in [0.15, 0.2) is 42.5 Å². The number of ether oxygens (including phenoxy) is 1. The van der Waals surface area contributed by atoms with E-state index in [4.69, 9.17) is 5.11 Å². The maximum atomic E-state index is 13.7. The molecule has 0 fully saturated rings. The highest BCUT2D eigenvalue weighted by Gasteiger charge is 2.31. The molecule has 6 heteroatoms.